The molecule has 1 amide bonds. The number of carbonyl (C=O) groups is 1. The zero-order chi connectivity index (χ0) is 18.1. The van der Waals surface area contributed by atoms with Crippen molar-refractivity contribution in [1.82, 2.24) is 20.1 Å². The fraction of sp³-hybridized carbons (Fsp3) is 0.250. The summed E-state index contributed by atoms with van der Waals surface area (Å²) in [6.45, 7) is 1.93. The standard InChI is InChI=1S/C20H19FN4O/c1-13(14-9-11-22-12-10-14)23-20(26)19-17-3-2-4-18(17)25(24-19)16-7-5-15(21)6-8-16/h5-13H,2-4H2,1H3,(H,23,26)/t13-/m1/s1. The van der Waals surface area contributed by atoms with E-state index in [4.69, 9.17) is 0 Å². The zero-order valence-electron chi connectivity index (χ0n) is 14.4. The van der Waals surface area contributed by atoms with E-state index < -0.39 is 0 Å². The molecule has 2 heterocycles. The Morgan fingerprint density at radius 3 is 2.62 bits per heavy atom. The highest BCUT2D eigenvalue weighted by molar-refractivity contribution is 5.94. The van der Waals surface area contributed by atoms with Crippen molar-refractivity contribution in [2.45, 2.75) is 32.2 Å². The Morgan fingerprint density at radius 1 is 1.15 bits per heavy atom. The number of benzene rings is 1. The van der Waals surface area contributed by atoms with Gasteiger partial charge in [0.05, 0.1) is 11.7 Å². The van der Waals surface area contributed by atoms with E-state index in [2.05, 4.69) is 15.4 Å². The van der Waals surface area contributed by atoms with Gasteiger partial charge in [-0.15, -0.1) is 0 Å². The molecule has 1 aromatic carbocycles. The molecule has 1 aliphatic rings. The normalized spacial score (nSPS) is 14.1. The van der Waals surface area contributed by atoms with E-state index in [9.17, 15) is 9.18 Å². The van der Waals surface area contributed by atoms with Gasteiger partial charge in [0.2, 0.25) is 0 Å². The van der Waals surface area contributed by atoms with Crippen LogP contribution in [0.25, 0.3) is 5.69 Å². The number of amides is 1. The number of pyridine rings is 1. The average Bonchev–Trinajstić information content (AvgIpc) is 3.26. The van der Waals surface area contributed by atoms with Crippen molar-refractivity contribution in [3.63, 3.8) is 0 Å². The van der Waals surface area contributed by atoms with Gasteiger partial charge in [-0.25, -0.2) is 9.07 Å². The van der Waals surface area contributed by atoms with Gasteiger partial charge in [0.25, 0.3) is 5.91 Å². The van der Waals surface area contributed by atoms with Crippen LogP contribution in [0.3, 0.4) is 0 Å². The maximum absolute atomic E-state index is 13.2. The second-order valence-corrected chi connectivity index (χ2v) is 6.49. The van der Waals surface area contributed by atoms with Crippen LogP contribution in [0.15, 0.2) is 48.8 Å². The Kier molecular flexibility index (Phi) is 4.24. The van der Waals surface area contributed by atoms with Crippen LogP contribution in [0.4, 0.5) is 4.39 Å². The molecule has 2 aromatic heterocycles. The van der Waals surface area contributed by atoms with E-state index in [0.29, 0.717) is 5.69 Å². The van der Waals surface area contributed by atoms with Gasteiger partial charge in [0, 0.05) is 23.7 Å². The smallest absolute Gasteiger partial charge is 0.272 e. The van der Waals surface area contributed by atoms with Crippen LogP contribution in [0.5, 0.6) is 0 Å². The lowest BCUT2D eigenvalue weighted by Crippen LogP contribution is -2.28. The first kappa shape index (κ1) is 16.4. The number of nitrogens with zero attached hydrogens (tertiary/aromatic N) is 3. The number of carbonyl (C=O) groups excluding carboxylic acids is 1. The molecule has 132 valence electrons. The first-order valence-corrected chi connectivity index (χ1v) is 8.71. The summed E-state index contributed by atoms with van der Waals surface area (Å²) in [6.07, 6.45) is 6.11. The second kappa shape index (κ2) is 6.71. The molecule has 6 heteroatoms. The monoisotopic (exact) mass is 350 g/mol. The summed E-state index contributed by atoms with van der Waals surface area (Å²) in [7, 11) is 0. The molecular weight excluding hydrogens is 331 g/mol. The highest BCUT2D eigenvalue weighted by Crippen LogP contribution is 2.28. The molecule has 0 saturated heterocycles. The predicted octanol–water partition coefficient (Wildman–Crippen LogP) is 3.39. The average molecular weight is 350 g/mol. The molecule has 1 aliphatic carbocycles. The lowest BCUT2D eigenvalue weighted by Gasteiger charge is -2.13. The predicted molar refractivity (Wildman–Crippen MR) is 95.7 cm³/mol. The molecule has 0 saturated carbocycles. The maximum atomic E-state index is 13.2. The van der Waals surface area contributed by atoms with Gasteiger partial charge in [-0.2, -0.15) is 5.10 Å². The highest BCUT2D eigenvalue weighted by atomic mass is 19.1. The van der Waals surface area contributed by atoms with Crippen LogP contribution in [-0.2, 0) is 12.8 Å². The minimum absolute atomic E-state index is 0.140. The summed E-state index contributed by atoms with van der Waals surface area (Å²) in [4.78, 5) is 16.8. The number of aromatic nitrogens is 3. The number of nitrogens with one attached hydrogen (secondary N) is 1. The third-order valence-corrected chi connectivity index (χ3v) is 4.77. The molecule has 0 bridgehead atoms. The summed E-state index contributed by atoms with van der Waals surface area (Å²) in [5.41, 5.74) is 4.25. The molecule has 3 aromatic rings. The minimum Gasteiger partial charge on any atom is -0.344 e. The Labute approximate surface area is 150 Å². The van der Waals surface area contributed by atoms with Crippen molar-refractivity contribution in [2.24, 2.45) is 0 Å². The maximum Gasteiger partial charge on any atom is 0.272 e. The fourth-order valence-electron chi connectivity index (χ4n) is 3.42. The largest absolute Gasteiger partial charge is 0.344 e. The van der Waals surface area contributed by atoms with E-state index in [1.54, 1.807) is 29.2 Å². The van der Waals surface area contributed by atoms with E-state index in [1.165, 1.54) is 12.1 Å². The van der Waals surface area contributed by atoms with E-state index in [1.807, 2.05) is 19.1 Å². The van der Waals surface area contributed by atoms with E-state index in [-0.39, 0.29) is 17.8 Å². The lowest BCUT2D eigenvalue weighted by molar-refractivity contribution is 0.0933. The van der Waals surface area contributed by atoms with Gasteiger partial charge < -0.3 is 5.32 Å². The quantitative estimate of drug-likeness (QED) is 0.785. The topological polar surface area (TPSA) is 59.8 Å². The molecule has 4 rings (SSSR count). The van der Waals surface area contributed by atoms with Gasteiger partial charge in [0.1, 0.15) is 5.82 Å². The van der Waals surface area contributed by atoms with Gasteiger partial charge >= 0.3 is 0 Å². The van der Waals surface area contributed by atoms with Crippen LogP contribution >= 0.6 is 0 Å². The van der Waals surface area contributed by atoms with Crippen LogP contribution in [0.1, 0.15) is 46.7 Å². The Bertz CT molecular complexity index is 934. The Balaban J connectivity index is 1.64. The molecule has 0 spiro atoms. The minimum atomic E-state index is -0.290. The fourth-order valence-corrected chi connectivity index (χ4v) is 3.42. The summed E-state index contributed by atoms with van der Waals surface area (Å²) >= 11 is 0. The highest BCUT2D eigenvalue weighted by Gasteiger charge is 2.27. The number of fused-ring (bicyclic) bond motifs is 1. The third-order valence-electron chi connectivity index (χ3n) is 4.77. The number of hydrogen-bond acceptors (Lipinski definition) is 3. The Morgan fingerprint density at radius 2 is 1.88 bits per heavy atom. The van der Waals surface area contributed by atoms with Crippen molar-refractivity contribution in [1.29, 1.82) is 0 Å². The molecule has 0 fully saturated rings. The van der Waals surface area contributed by atoms with Crippen molar-refractivity contribution >= 4 is 5.91 Å². The van der Waals surface area contributed by atoms with E-state index in [0.717, 1.165) is 41.8 Å². The lowest BCUT2D eigenvalue weighted by atomic mass is 10.1. The van der Waals surface area contributed by atoms with Crippen molar-refractivity contribution in [3.8, 4) is 5.69 Å². The van der Waals surface area contributed by atoms with Gasteiger partial charge in [-0.3, -0.25) is 9.78 Å². The summed E-state index contributed by atoms with van der Waals surface area (Å²) < 4.78 is 15.0. The first-order chi connectivity index (χ1) is 12.6. The van der Waals surface area contributed by atoms with Crippen molar-refractivity contribution < 1.29 is 9.18 Å². The summed E-state index contributed by atoms with van der Waals surface area (Å²) in [6, 6.07) is 9.80. The molecule has 26 heavy (non-hydrogen) atoms. The van der Waals surface area contributed by atoms with Gasteiger partial charge in [0.15, 0.2) is 5.69 Å². The van der Waals surface area contributed by atoms with Crippen LogP contribution in [0, 0.1) is 5.82 Å². The first-order valence-electron chi connectivity index (χ1n) is 8.71. The van der Waals surface area contributed by atoms with Crippen molar-refractivity contribution in [3.05, 3.63) is 77.1 Å². The molecular formula is C20H19FN4O. The molecule has 0 aliphatic heterocycles. The molecule has 0 unspecified atom stereocenters. The molecule has 1 atom stereocenters. The SMILES string of the molecule is C[C@@H](NC(=O)c1nn(-c2ccc(F)cc2)c2c1CCC2)c1ccncc1. The zero-order valence-corrected chi connectivity index (χ0v) is 14.4. The molecule has 1 N–H and O–H groups in total. The van der Waals surface area contributed by atoms with Crippen molar-refractivity contribution in [2.75, 3.05) is 0 Å². The van der Waals surface area contributed by atoms with Crippen LogP contribution in [-0.4, -0.2) is 20.7 Å². The molecule has 0 radical (unpaired) electrons. The number of rotatable bonds is 4. The van der Waals surface area contributed by atoms with Gasteiger partial charge in [-0.1, -0.05) is 0 Å². The van der Waals surface area contributed by atoms with E-state index >= 15 is 0 Å². The van der Waals surface area contributed by atoms with Gasteiger partial charge in [-0.05, 0) is 68.1 Å². The third kappa shape index (κ3) is 2.98. The second-order valence-electron chi connectivity index (χ2n) is 6.49. The number of halogens is 1. The number of hydrogen-bond donors (Lipinski definition) is 1. The summed E-state index contributed by atoms with van der Waals surface area (Å²) in [5.74, 6) is -0.477. The molecule has 5 nitrogen and oxygen atoms in total. The Hall–Kier alpha value is -3.02. The van der Waals surface area contributed by atoms with Crippen LogP contribution < -0.4 is 5.32 Å². The van der Waals surface area contributed by atoms with Crippen LogP contribution in [0.2, 0.25) is 0 Å². The summed E-state index contributed by atoms with van der Waals surface area (Å²) in [5, 5.41) is 7.56.